The van der Waals surface area contributed by atoms with Crippen LogP contribution in [0.4, 0.5) is 15.3 Å². The number of nitrogens with two attached hydrogens (primary N) is 1. The number of ether oxygens (including phenoxy) is 1. The zero-order chi connectivity index (χ0) is 25.9. The quantitative estimate of drug-likeness (QED) is 0.391. The number of aryl methyl sites for hydroxylation is 1. The Morgan fingerprint density at radius 2 is 1.87 bits per heavy atom. The van der Waals surface area contributed by atoms with Gasteiger partial charge in [0.15, 0.2) is 10.9 Å². The molecule has 7 rings (SSSR count). The SMILES string of the molecule is Cc1cc2c(N3CCNCC3)nc(OCC34CCCN3CCC4)nc2c(F)c1-c1cccc2sc(N)nc12. The Hall–Kier alpha value is -3.08. The number of benzene rings is 2. The van der Waals surface area contributed by atoms with Crippen molar-refractivity contribution < 1.29 is 9.13 Å². The fourth-order valence-corrected chi connectivity index (χ4v) is 7.42. The van der Waals surface area contributed by atoms with Gasteiger partial charge in [0.1, 0.15) is 17.9 Å². The first-order valence-electron chi connectivity index (χ1n) is 13.5. The summed E-state index contributed by atoms with van der Waals surface area (Å²) >= 11 is 1.41. The number of hydrogen-bond acceptors (Lipinski definition) is 9. The Balaban J connectivity index is 1.37. The summed E-state index contributed by atoms with van der Waals surface area (Å²) in [6.45, 7) is 8.02. The van der Waals surface area contributed by atoms with Gasteiger partial charge in [0.2, 0.25) is 0 Å². The molecule has 0 saturated carbocycles. The van der Waals surface area contributed by atoms with Crippen LogP contribution in [-0.4, -0.2) is 71.3 Å². The van der Waals surface area contributed by atoms with Gasteiger partial charge in [0.25, 0.3) is 0 Å². The molecule has 198 valence electrons. The van der Waals surface area contributed by atoms with Crippen molar-refractivity contribution in [1.82, 2.24) is 25.2 Å². The fraction of sp³-hybridized carbons (Fsp3) is 0.464. The van der Waals surface area contributed by atoms with Crippen LogP contribution in [0.3, 0.4) is 0 Å². The van der Waals surface area contributed by atoms with Crippen LogP contribution in [0.25, 0.3) is 32.2 Å². The number of thiazole rings is 1. The van der Waals surface area contributed by atoms with Crippen molar-refractivity contribution >= 4 is 43.4 Å². The minimum Gasteiger partial charge on any atom is -0.461 e. The minimum atomic E-state index is -0.371. The second-order valence-electron chi connectivity index (χ2n) is 10.8. The number of fused-ring (bicyclic) bond motifs is 3. The van der Waals surface area contributed by atoms with Crippen LogP contribution >= 0.6 is 11.3 Å². The van der Waals surface area contributed by atoms with Gasteiger partial charge in [-0.05, 0) is 63.4 Å². The molecule has 0 unspecified atom stereocenters. The highest BCUT2D eigenvalue weighted by Crippen LogP contribution is 2.41. The molecule has 0 spiro atoms. The summed E-state index contributed by atoms with van der Waals surface area (Å²) in [5, 5.41) is 4.58. The van der Waals surface area contributed by atoms with E-state index in [9.17, 15) is 0 Å². The number of anilines is 2. The van der Waals surface area contributed by atoms with Gasteiger partial charge >= 0.3 is 6.01 Å². The molecule has 10 heteroatoms. The van der Waals surface area contributed by atoms with Gasteiger partial charge in [-0.1, -0.05) is 23.5 Å². The number of piperazine rings is 1. The number of nitrogens with one attached hydrogen (secondary N) is 1. The van der Waals surface area contributed by atoms with Crippen LogP contribution < -0.4 is 20.7 Å². The highest BCUT2D eigenvalue weighted by Gasteiger charge is 2.45. The highest BCUT2D eigenvalue weighted by atomic mass is 32.1. The van der Waals surface area contributed by atoms with Crippen molar-refractivity contribution in [3.8, 4) is 17.1 Å². The van der Waals surface area contributed by atoms with Crippen molar-refractivity contribution in [1.29, 1.82) is 0 Å². The zero-order valence-electron chi connectivity index (χ0n) is 21.6. The first-order valence-corrected chi connectivity index (χ1v) is 14.3. The van der Waals surface area contributed by atoms with E-state index in [2.05, 4.69) is 20.1 Å². The topological polar surface area (TPSA) is 92.4 Å². The maximum absolute atomic E-state index is 16.6. The van der Waals surface area contributed by atoms with Crippen molar-refractivity contribution in [3.63, 3.8) is 0 Å². The van der Waals surface area contributed by atoms with Gasteiger partial charge in [-0.25, -0.2) is 9.37 Å². The third kappa shape index (κ3) is 3.88. The maximum Gasteiger partial charge on any atom is 0.319 e. The van der Waals surface area contributed by atoms with Gasteiger partial charge in [-0.3, -0.25) is 4.90 Å². The van der Waals surface area contributed by atoms with Crippen molar-refractivity contribution in [2.24, 2.45) is 0 Å². The molecule has 2 aromatic heterocycles. The number of rotatable bonds is 5. The van der Waals surface area contributed by atoms with Crippen LogP contribution in [-0.2, 0) is 0 Å². The van der Waals surface area contributed by atoms with Gasteiger partial charge in [-0.2, -0.15) is 9.97 Å². The van der Waals surface area contributed by atoms with Gasteiger partial charge < -0.3 is 20.7 Å². The largest absolute Gasteiger partial charge is 0.461 e. The molecular weight excluding hydrogens is 501 g/mol. The Morgan fingerprint density at radius 1 is 1.08 bits per heavy atom. The van der Waals surface area contributed by atoms with Crippen molar-refractivity contribution in [3.05, 3.63) is 35.6 Å². The second-order valence-corrected chi connectivity index (χ2v) is 11.8. The van der Waals surface area contributed by atoms with Crippen LogP contribution in [0.15, 0.2) is 24.3 Å². The predicted molar refractivity (Wildman–Crippen MR) is 151 cm³/mol. The van der Waals surface area contributed by atoms with Crippen LogP contribution in [0.1, 0.15) is 31.2 Å². The van der Waals surface area contributed by atoms with Gasteiger partial charge in [-0.15, -0.1) is 0 Å². The molecule has 8 nitrogen and oxygen atoms in total. The Morgan fingerprint density at radius 3 is 2.66 bits per heavy atom. The normalized spacial score (nSPS) is 19.5. The molecule has 3 saturated heterocycles. The van der Waals surface area contributed by atoms with E-state index >= 15 is 4.39 Å². The maximum atomic E-state index is 16.6. The summed E-state index contributed by atoms with van der Waals surface area (Å²) in [7, 11) is 0. The lowest BCUT2D eigenvalue weighted by atomic mass is 9.95. The summed E-state index contributed by atoms with van der Waals surface area (Å²) in [6, 6.07) is 8.06. The number of halogens is 1. The van der Waals surface area contributed by atoms with Gasteiger partial charge in [0, 0.05) is 42.7 Å². The van der Waals surface area contributed by atoms with E-state index in [4.69, 9.17) is 20.4 Å². The molecule has 2 aromatic carbocycles. The van der Waals surface area contributed by atoms with E-state index in [1.165, 1.54) is 24.2 Å². The standard InChI is InChI=1S/C28H32FN7OS/c1-17-15-19-24(22(29)21(17)18-5-2-6-20-23(18)32-26(30)38-20)33-27(34-25(19)35-13-9-31-10-14-35)37-16-28-7-3-11-36(28)12-4-8-28/h2,5-6,15,31H,3-4,7-14,16H2,1H3,(H2,30,32). The lowest BCUT2D eigenvalue weighted by Crippen LogP contribution is -2.44. The molecule has 3 aliphatic heterocycles. The molecular formula is C28H32FN7OS. The summed E-state index contributed by atoms with van der Waals surface area (Å²) in [6.07, 6.45) is 4.64. The molecule has 3 N–H and O–H groups in total. The summed E-state index contributed by atoms with van der Waals surface area (Å²) in [5.74, 6) is 0.368. The molecule has 3 fully saturated rings. The van der Waals surface area contributed by atoms with E-state index in [0.717, 1.165) is 73.8 Å². The summed E-state index contributed by atoms with van der Waals surface area (Å²) in [4.78, 5) is 18.9. The molecule has 4 aromatic rings. The molecule has 0 bridgehead atoms. The Bertz CT molecular complexity index is 1520. The second kappa shape index (κ2) is 9.29. The number of para-hydroxylation sites is 1. The third-order valence-electron chi connectivity index (χ3n) is 8.49. The molecule has 3 aliphatic rings. The number of nitrogen functional groups attached to an aromatic ring is 1. The summed E-state index contributed by atoms with van der Waals surface area (Å²) in [5.41, 5.74) is 9.11. The van der Waals surface area contributed by atoms with E-state index in [0.29, 0.717) is 28.2 Å². The van der Waals surface area contributed by atoms with E-state index in [1.807, 2.05) is 31.2 Å². The smallest absolute Gasteiger partial charge is 0.319 e. The lowest BCUT2D eigenvalue weighted by Gasteiger charge is -2.32. The lowest BCUT2D eigenvalue weighted by molar-refractivity contribution is 0.108. The first-order chi connectivity index (χ1) is 18.5. The fourth-order valence-electron chi connectivity index (χ4n) is 6.66. The third-order valence-corrected chi connectivity index (χ3v) is 9.34. The average Bonchev–Trinajstić information content (AvgIpc) is 3.61. The van der Waals surface area contributed by atoms with E-state index < -0.39 is 0 Å². The molecule has 38 heavy (non-hydrogen) atoms. The Kier molecular flexibility index (Phi) is 5.86. The monoisotopic (exact) mass is 533 g/mol. The minimum absolute atomic E-state index is 0.0602. The van der Waals surface area contributed by atoms with Crippen LogP contribution in [0.5, 0.6) is 6.01 Å². The predicted octanol–water partition coefficient (Wildman–Crippen LogP) is 4.35. The zero-order valence-corrected chi connectivity index (χ0v) is 22.4. The molecule has 0 amide bonds. The van der Waals surface area contributed by atoms with Gasteiger partial charge in [0.05, 0.1) is 15.8 Å². The molecule has 0 aliphatic carbocycles. The number of hydrogen-bond donors (Lipinski definition) is 2. The van der Waals surface area contributed by atoms with Crippen LogP contribution in [0.2, 0.25) is 0 Å². The van der Waals surface area contributed by atoms with Crippen LogP contribution in [0, 0.1) is 12.7 Å². The average molecular weight is 534 g/mol. The van der Waals surface area contributed by atoms with Crippen molar-refractivity contribution in [2.45, 2.75) is 38.1 Å². The number of nitrogens with zero attached hydrogens (tertiary/aromatic N) is 5. The number of aromatic nitrogens is 3. The van der Waals surface area contributed by atoms with E-state index in [1.54, 1.807) is 0 Å². The summed E-state index contributed by atoms with van der Waals surface area (Å²) < 4.78 is 23.9. The molecule has 0 atom stereocenters. The van der Waals surface area contributed by atoms with Crippen molar-refractivity contribution in [2.75, 3.05) is 56.5 Å². The highest BCUT2D eigenvalue weighted by molar-refractivity contribution is 7.22. The first kappa shape index (κ1) is 24.0. The van der Waals surface area contributed by atoms with E-state index in [-0.39, 0.29) is 22.9 Å². The molecule has 0 radical (unpaired) electrons. The molecule has 5 heterocycles. The Labute approximate surface area is 225 Å².